The summed E-state index contributed by atoms with van der Waals surface area (Å²) in [5.41, 5.74) is 3.49. The number of anilines is 2. The third-order valence-electron chi connectivity index (χ3n) is 6.26. The van der Waals surface area contributed by atoms with Crippen molar-refractivity contribution in [1.82, 2.24) is 10.2 Å². The molecule has 0 bridgehead atoms. The summed E-state index contributed by atoms with van der Waals surface area (Å²) in [6, 6.07) is 16.4. The first kappa shape index (κ1) is 22.0. The van der Waals surface area contributed by atoms with Gasteiger partial charge in [0.05, 0.1) is 12.8 Å². The number of ether oxygens (including phenoxy) is 1. The van der Waals surface area contributed by atoms with Gasteiger partial charge in [-0.2, -0.15) is 0 Å². The summed E-state index contributed by atoms with van der Waals surface area (Å²) in [4.78, 5) is 23.7. The number of benzene rings is 2. The molecule has 2 aromatic rings. The third kappa shape index (κ3) is 4.82. The van der Waals surface area contributed by atoms with Gasteiger partial charge in [0.2, 0.25) is 5.91 Å². The molecule has 0 radical (unpaired) electrons. The van der Waals surface area contributed by atoms with Gasteiger partial charge in [0.1, 0.15) is 5.75 Å². The van der Waals surface area contributed by atoms with E-state index in [1.165, 1.54) is 5.56 Å². The van der Waals surface area contributed by atoms with E-state index in [1.807, 2.05) is 48.3 Å². The molecule has 0 saturated carbocycles. The number of nitrogens with one attached hydrogen (secondary N) is 1. The lowest BCUT2D eigenvalue weighted by Crippen LogP contribution is -2.52. The van der Waals surface area contributed by atoms with Crippen LogP contribution < -0.4 is 19.9 Å². The SMILES string of the molecule is CN=C(NCCCC(=O)N1CCc2ccccc21)N1CCN(c2ccccc2OC)CC1. The number of carbonyl (C=O) groups excluding carboxylic acids is 1. The monoisotopic (exact) mass is 435 g/mol. The average molecular weight is 436 g/mol. The van der Waals surface area contributed by atoms with Crippen LogP contribution in [-0.2, 0) is 11.2 Å². The molecule has 1 fully saturated rings. The lowest BCUT2D eigenvalue weighted by atomic mass is 10.2. The van der Waals surface area contributed by atoms with Gasteiger partial charge in [0, 0.05) is 58.4 Å². The Morgan fingerprint density at radius 2 is 1.72 bits per heavy atom. The molecule has 0 unspecified atom stereocenters. The molecule has 0 atom stereocenters. The summed E-state index contributed by atoms with van der Waals surface area (Å²) in [5, 5.41) is 3.44. The van der Waals surface area contributed by atoms with Gasteiger partial charge in [-0.1, -0.05) is 30.3 Å². The number of para-hydroxylation sites is 3. The fourth-order valence-corrected chi connectivity index (χ4v) is 4.55. The summed E-state index contributed by atoms with van der Waals surface area (Å²) in [6.45, 7) is 5.13. The van der Waals surface area contributed by atoms with Crippen molar-refractivity contribution in [3.05, 3.63) is 54.1 Å². The molecule has 1 saturated heterocycles. The molecular weight excluding hydrogens is 402 g/mol. The molecule has 7 nitrogen and oxygen atoms in total. The number of nitrogens with zero attached hydrogens (tertiary/aromatic N) is 4. The first-order valence-electron chi connectivity index (χ1n) is 11.4. The Bertz CT molecular complexity index is 953. The highest BCUT2D eigenvalue weighted by atomic mass is 16.5. The molecule has 0 aliphatic carbocycles. The number of fused-ring (bicyclic) bond motifs is 1. The Morgan fingerprint density at radius 3 is 2.47 bits per heavy atom. The predicted molar refractivity (Wildman–Crippen MR) is 130 cm³/mol. The van der Waals surface area contributed by atoms with Crippen LogP contribution in [0.1, 0.15) is 18.4 Å². The number of aliphatic imine (C=N–C) groups is 1. The second kappa shape index (κ2) is 10.4. The van der Waals surface area contributed by atoms with E-state index in [2.05, 4.69) is 32.2 Å². The predicted octanol–water partition coefficient (Wildman–Crippen LogP) is 2.76. The molecule has 1 N–H and O–H groups in total. The highest BCUT2D eigenvalue weighted by Gasteiger charge is 2.24. The van der Waals surface area contributed by atoms with Crippen LogP contribution in [-0.4, -0.2) is 70.2 Å². The van der Waals surface area contributed by atoms with Gasteiger partial charge in [-0.25, -0.2) is 0 Å². The molecule has 0 spiro atoms. The number of amides is 1. The molecule has 1 amide bonds. The Hall–Kier alpha value is -3.22. The normalized spacial score (nSPS) is 16.2. The maximum Gasteiger partial charge on any atom is 0.227 e. The van der Waals surface area contributed by atoms with Crippen LogP contribution in [0.5, 0.6) is 5.75 Å². The summed E-state index contributed by atoms with van der Waals surface area (Å²) in [5.74, 6) is 2.02. The quantitative estimate of drug-likeness (QED) is 0.430. The number of hydrogen-bond acceptors (Lipinski definition) is 4. The van der Waals surface area contributed by atoms with Gasteiger partial charge < -0.3 is 24.8 Å². The van der Waals surface area contributed by atoms with Crippen molar-refractivity contribution in [2.24, 2.45) is 4.99 Å². The van der Waals surface area contributed by atoms with E-state index in [1.54, 1.807) is 7.11 Å². The summed E-state index contributed by atoms with van der Waals surface area (Å²) >= 11 is 0. The number of hydrogen-bond donors (Lipinski definition) is 1. The molecule has 4 rings (SSSR count). The number of rotatable bonds is 6. The average Bonchev–Trinajstić information content (AvgIpc) is 3.28. The summed E-state index contributed by atoms with van der Waals surface area (Å²) in [6.07, 6.45) is 2.28. The van der Waals surface area contributed by atoms with Crippen LogP contribution >= 0.6 is 0 Å². The molecule has 7 heteroatoms. The van der Waals surface area contributed by atoms with E-state index in [0.29, 0.717) is 6.42 Å². The minimum atomic E-state index is 0.206. The van der Waals surface area contributed by atoms with Crippen molar-refractivity contribution in [2.75, 3.05) is 63.2 Å². The van der Waals surface area contributed by atoms with Crippen molar-refractivity contribution < 1.29 is 9.53 Å². The van der Waals surface area contributed by atoms with E-state index >= 15 is 0 Å². The Labute approximate surface area is 190 Å². The molecule has 170 valence electrons. The first-order valence-corrected chi connectivity index (χ1v) is 11.4. The fourth-order valence-electron chi connectivity index (χ4n) is 4.55. The minimum absolute atomic E-state index is 0.206. The molecule has 2 aliphatic rings. The number of guanidine groups is 1. The van der Waals surface area contributed by atoms with Gasteiger partial charge in [-0.15, -0.1) is 0 Å². The largest absolute Gasteiger partial charge is 0.495 e. The van der Waals surface area contributed by atoms with Crippen LogP contribution in [0.25, 0.3) is 0 Å². The summed E-state index contributed by atoms with van der Waals surface area (Å²) in [7, 11) is 3.54. The summed E-state index contributed by atoms with van der Waals surface area (Å²) < 4.78 is 5.51. The Balaban J connectivity index is 1.22. The van der Waals surface area contributed by atoms with Crippen molar-refractivity contribution in [3.63, 3.8) is 0 Å². The van der Waals surface area contributed by atoms with Crippen LogP contribution in [0.4, 0.5) is 11.4 Å². The maximum absolute atomic E-state index is 12.7. The van der Waals surface area contributed by atoms with Crippen molar-refractivity contribution in [3.8, 4) is 5.75 Å². The minimum Gasteiger partial charge on any atom is -0.495 e. The molecular formula is C25H33N5O2. The third-order valence-corrected chi connectivity index (χ3v) is 6.26. The van der Waals surface area contributed by atoms with Gasteiger partial charge in [-0.05, 0) is 36.6 Å². The number of piperazine rings is 1. The van der Waals surface area contributed by atoms with Crippen LogP contribution in [0.15, 0.2) is 53.5 Å². The molecule has 2 aliphatic heterocycles. The van der Waals surface area contributed by atoms with E-state index < -0.39 is 0 Å². The molecule has 0 aromatic heterocycles. The standard InChI is InChI=1S/C25H33N5O2/c1-26-25(29-18-16-28(17-19-29)22-10-5-6-11-23(22)32-2)27-14-7-12-24(31)30-15-13-20-8-3-4-9-21(20)30/h3-6,8-11H,7,12-19H2,1-2H3,(H,26,27). The number of methoxy groups -OCH3 is 1. The van der Waals surface area contributed by atoms with Gasteiger partial charge in [0.15, 0.2) is 5.96 Å². The zero-order valence-corrected chi connectivity index (χ0v) is 19.1. The van der Waals surface area contributed by atoms with E-state index in [-0.39, 0.29) is 5.91 Å². The highest BCUT2D eigenvalue weighted by molar-refractivity contribution is 5.95. The van der Waals surface area contributed by atoms with Gasteiger partial charge >= 0.3 is 0 Å². The fraction of sp³-hybridized carbons (Fsp3) is 0.440. The maximum atomic E-state index is 12.7. The van der Waals surface area contributed by atoms with E-state index in [4.69, 9.17) is 4.74 Å². The van der Waals surface area contributed by atoms with Crippen molar-refractivity contribution in [1.29, 1.82) is 0 Å². The zero-order chi connectivity index (χ0) is 22.3. The Morgan fingerprint density at radius 1 is 1.00 bits per heavy atom. The number of carbonyl (C=O) groups is 1. The molecule has 2 heterocycles. The molecule has 32 heavy (non-hydrogen) atoms. The van der Waals surface area contributed by atoms with Crippen LogP contribution in [0.2, 0.25) is 0 Å². The lowest BCUT2D eigenvalue weighted by Gasteiger charge is -2.38. The van der Waals surface area contributed by atoms with E-state index in [0.717, 1.165) is 75.2 Å². The zero-order valence-electron chi connectivity index (χ0n) is 19.1. The second-order valence-corrected chi connectivity index (χ2v) is 8.15. The van der Waals surface area contributed by atoms with Gasteiger partial charge in [0.25, 0.3) is 0 Å². The first-order chi connectivity index (χ1) is 15.7. The second-order valence-electron chi connectivity index (χ2n) is 8.15. The lowest BCUT2D eigenvalue weighted by molar-refractivity contribution is -0.118. The van der Waals surface area contributed by atoms with Gasteiger partial charge in [-0.3, -0.25) is 9.79 Å². The van der Waals surface area contributed by atoms with Crippen molar-refractivity contribution in [2.45, 2.75) is 19.3 Å². The van der Waals surface area contributed by atoms with Crippen LogP contribution in [0.3, 0.4) is 0 Å². The van der Waals surface area contributed by atoms with E-state index in [9.17, 15) is 4.79 Å². The highest BCUT2D eigenvalue weighted by Crippen LogP contribution is 2.29. The Kier molecular flexibility index (Phi) is 7.14. The van der Waals surface area contributed by atoms with Crippen LogP contribution in [0, 0.1) is 0 Å². The smallest absolute Gasteiger partial charge is 0.227 e. The molecule has 2 aromatic carbocycles. The van der Waals surface area contributed by atoms with Crippen molar-refractivity contribution >= 4 is 23.2 Å². The topological polar surface area (TPSA) is 60.4 Å².